The van der Waals surface area contributed by atoms with E-state index in [0.29, 0.717) is 12.1 Å². The molecule has 0 aliphatic rings. The molecule has 0 unspecified atom stereocenters. The van der Waals surface area contributed by atoms with Crippen LogP contribution in [-0.4, -0.2) is 69.5 Å². The number of guanidine groups is 1. The van der Waals surface area contributed by atoms with Crippen LogP contribution in [0.15, 0.2) is 29.3 Å². The van der Waals surface area contributed by atoms with Crippen LogP contribution in [0.1, 0.15) is 22.8 Å². The lowest BCUT2D eigenvalue weighted by atomic mass is 10.1. The number of aliphatic imine (C=N–C) groups is 1. The van der Waals surface area contributed by atoms with E-state index in [1.807, 2.05) is 24.3 Å². The molecule has 0 fully saturated rings. The zero-order valence-corrected chi connectivity index (χ0v) is 17.6. The van der Waals surface area contributed by atoms with Gasteiger partial charge < -0.3 is 20.4 Å². The molecule has 0 aliphatic heterocycles. The largest absolute Gasteiger partial charge is 0.355 e. The zero-order chi connectivity index (χ0) is 17.2. The van der Waals surface area contributed by atoms with Crippen molar-refractivity contribution in [2.24, 2.45) is 4.99 Å². The van der Waals surface area contributed by atoms with Gasteiger partial charge in [0.2, 0.25) is 0 Å². The number of hydrogen-bond donors (Lipinski definition) is 2. The number of amides is 1. The molecule has 0 radical (unpaired) electrons. The summed E-state index contributed by atoms with van der Waals surface area (Å²) in [7, 11) is 7.36. The summed E-state index contributed by atoms with van der Waals surface area (Å²) in [4.78, 5) is 19.9. The predicted octanol–water partition coefficient (Wildman–Crippen LogP) is 1.62. The fourth-order valence-electron chi connectivity index (χ4n) is 1.95. The van der Waals surface area contributed by atoms with Crippen LogP contribution >= 0.6 is 24.0 Å². The maximum Gasteiger partial charge on any atom is 0.253 e. The van der Waals surface area contributed by atoms with Crippen LogP contribution < -0.4 is 10.6 Å². The number of likely N-dealkylation sites (N-methyl/N-ethyl adjacent to an activating group) is 1. The predicted molar refractivity (Wildman–Crippen MR) is 111 cm³/mol. The highest BCUT2D eigenvalue weighted by molar-refractivity contribution is 14.0. The van der Waals surface area contributed by atoms with Gasteiger partial charge in [-0.1, -0.05) is 19.1 Å². The van der Waals surface area contributed by atoms with Crippen LogP contribution in [0.4, 0.5) is 0 Å². The summed E-state index contributed by atoms with van der Waals surface area (Å²) < 4.78 is 0. The summed E-state index contributed by atoms with van der Waals surface area (Å²) in [5, 5.41) is 6.56. The van der Waals surface area contributed by atoms with Crippen LogP contribution in [0.25, 0.3) is 0 Å². The molecule has 0 atom stereocenters. The first kappa shape index (κ1) is 22.6. The van der Waals surface area contributed by atoms with Crippen molar-refractivity contribution in [3.05, 3.63) is 35.4 Å². The number of halogens is 1. The highest BCUT2D eigenvalue weighted by atomic mass is 127. The quantitative estimate of drug-likeness (QED) is 0.379. The second-order valence-electron chi connectivity index (χ2n) is 5.64. The van der Waals surface area contributed by atoms with E-state index < -0.39 is 0 Å². The molecule has 24 heavy (non-hydrogen) atoms. The molecule has 0 saturated heterocycles. The van der Waals surface area contributed by atoms with E-state index in [9.17, 15) is 4.79 Å². The molecule has 0 aromatic heterocycles. The maximum atomic E-state index is 11.8. The molecule has 1 amide bonds. The molecular weight excluding hydrogens is 417 g/mol. The summed E-state index contributed by atoms with van der Waals surface area (Å²) in [6, 6.07) is 7.63. The Bertz CT molecular complexity index is 516. The average molecular weight is 447 g/mol. The lowest BCUT2D eigenvalue weighted by Gasteiger charge is -2.16. The number of benzene rings is 1. The van der Waals surface area contributed by atoms with Crippen molar-refractivity contribution < 1.29 is 4.79 Å². The normalized spacial score (nSPS) is 11.0. The molecule has 0 heterocycles. The number of rotatable bonds is 7. The first-order valence-corrected chi connectivity index (χ1v) is 7.91. The molecule has 0 aliphatic carbocycles. The molecule has 136 valence electrons. The van der Waals surface area contributed by atoms with Crippen molar-refractivity contribution in [2.45, 2.75) is 13.5 Å². The Hall–Kier alpha value is -1.35. The van der Waals surface area contributed by atoms with Crippen molar-refractivity contribution in [1.82, 2.24) is 20.4 Å². The van der Waals surface area contributed by atoms with Crippen LogP contribution in [0.5, 0.6) is 0 Å². The molecule has 0 bridgehead atoms. The van der Waals surface area contributed by atoms with Gasteiger partial charge in [-0.25, -0.2) is 0 Å². The number of carbonyl (C=O) groups excluding carboxylic acids is 1. The molecular formula is C17H30IN5O. The van der Waals surface area contributed by atoms with Crippen molar-refractivity contribution >= 4 is 35.8 Å². The van der Waals surface area contributed by atoms with Crippen LogP contribution in [0.3, 0.4) is 0 Å². The van der Waals surface area contributed by atoms with E-state index in [0.717, 1.165) is 31.2 Å². The number of carbonyl (C=O) groups is 1. The summed E-state index contributed by atoms with van der Waals surface area (Å²) in [6.07, 6.45) is 0. The Morgan fingerprint density at radius 2 is 1.75 bits per heavy atom. The van der Waals surface area contributed by atoms with E-state index in [1.165, 1.54) is 0 Å². The van der Waals surface area contributed by atoms with Crippen LogP contribution in [0, 0.1) is 0 Å². The lowest BCUT2D eigenvalue weighted by Crippen LogP contribution is -2.40. The molecule has 6 nitrogen and oxygen atoms in total. The Kier molecular flexibility index (Phi) is 11.4. The highest BCUT2D eigenvalue weighted by Crippen LogP contribution is 2.06. The van der Waals surface area contributed by atoms with Gasteiger partial charge in [0, 0.05) is 46.3 Å². The van der Waals surface area contributed by atoms with Crippen molar-refractivity contribution in [3.63, 3.8) is 0 Å². The minimum Gasteiger partial charge on any atom is -0.355 e. The third kappa shape index (κ3) is 7.96. The Labute approximate surface area is 162 Å². The van der Waals surface area contributed by atoms with Gasteiger partial charge >= 0.3 is 0 Å². The average Bonchev–Trinajstić information content (AvgIpc) is 2.57. The third-order valence-electron chi connectivity index (χ3n) is 3.62. The van der Waals surface area contributed by atoms with Gasteiger partial charge in [-0.15, -0.1) is 24.0 Å². The third-order valence-corrected chi connectivity index (χ3v) is 3.62. The summed E-state index contributed by atoms with van der Waals surface area (Å²) in [5.41, 5.74) is 1.80. The summed E-state index contributed by atoms with van der Waals surface area (Å²) >= 11 is 0. The Morgan fingerprint density at radius 3 is 2.25 bits per heavy atom. The monoisotopic (exact) mass is 447 g/mol. The van der Waals surface area contributed by atoms with Gasteiger partial charge in [0.15, 0.2) is 5.96 Å². The first-order chi connectivity index (χ1) is 11.0. The Balaban J connectivity index is 0.00000529. The molecule has 2 N–H and O–H groups in total. The van der Waals surface area contributed by atoms with Gasteiger partial charge in [0.05, 0.1) is 0 Å². The molecule has 7 heteroatoms. The molecule has 1 rings (SSSR count). The van der Waals surface area contributed by atoms with E-state index in [2.05, 4.69) is 34.5 Å². The second-order valence-corrected chi connectivity index (χ2v) is 5.64. The minimum absolute atomic E-state index is 0. The second kappa shape index (κ2) is 12.1. The van der Waals surface area contributed by atoms with E-state index >= 15 is 0 Å². The smallest absolute Gasteiger partial charge is 0.253 e. The summed E-state index contributed by atoms with van der Waals surface area (Å²) in [6.45, 7) is 5.65. The number of nitrogens with zero attached hydrogens (tertiary/aromatic N) is 3. The summed E-state index contributed by atoms with van der Waals surface area (Å²) in [5.74, 6) is 0.796. The van der Waals surface area contributed by atoms with Gasteiger partial charge in [0.25, 0.3) is 5.91 Å². The molecule has 1 aromatic carbocycles. The van der Waals surface area contributed by atoms with Crippen molar-refractivity contribution in [3.8, 4) is 0 Å². The van der Waals surface area contributed by atoms with Crippen molar-refractivity contribution in [2.75, 3.05) is 47.8 Å². The van der Waals surface area contributed by atoms with Gasteiger partial charge in [-0.3, -0.25) is 9.79 Å². The molecule has 1 aromatic rings. The van der Waals surface area contributed by atoms with E-state index in [-0.39, 0.29) is 29.9 Å². The van der Waals surface area contributed by atoms with Gasteiger partial charge in [-0.2, -0.15) is 0 Å². The van der Waals surface area contributed by atoms with Crippen LogP contribution in [-0.2, 0) is 6.54 Å². The number of nitrogens with one attached hydrogen (secondary N) is 2. The Morgan fingerprint density at radius 1 is 1.12 bits per heavy atom. The molecule has 0 spiro atoms. The van der Waals surface area contributed by atoms with Gasteiger partial charge in [0.1, 0.15) is 0 Å². The number of hydrogen-bond acceptors (Lipinski definition) is 3. The zero-order valence-electron chi connectivity index (χ0n) is 15.3. The fourth-order valence-corrected chi connectivity index (χ4v) is 1.95. The standard InChI is InChI=1S/C17H29N5O.HI/c1-6-22(5)12-11-19-17(18-2)20-13-14-7-9-15(10-8-14)16(23)21(3)4;/h7-10H,6,11-13H2,1-5H3,(H2,18,19,20);1H. The minimum atomic E-state index is 0. The SMILES string of the molecule is CCN(C)CCNC(=NC)NCc1ccc(C(=O)N(C)C)cc1.I. The van der Waals surface area contributed by atoms with Crippen molar-refractivity contribution in [1.29, 1.82) is 0 Å². The van der Waals surface area contributed by atoms with E-state index in [1.54, 1.807) is 26.0 Å². The first-order valence-electron chi connectivity index (χ1n) is 7.91. The molecule has 0 saturated carbocycles. The topological polar surface area (TPSA) is 60.0 Å². The maximum absolute atomic E-state index is 11.8. The fraction of sp³-hybridized carbons (Fsp3) is 0.529. The lowest BCUT2D eigenvalue weighted by molar-refractivity contribution is 0.0827. The highest BCUT2D eigenvalue weighted by Gasteiger charge is 2.07. The van der Waals surface area contributed by atoms with Gasteiger partial charge in [-0.05, 0) is 31.3 Å². The van der Waals surface area contributed by atoms with Crippen LogP contribution in [0.2, 0.25) is 0 Å². The van der Waals surface area contributed by atoms with E-state index in [4.69, 9.17) is 0 Å².